The smallest absolute Gasteiger partial charge is 0.306 e. The molecule has 1 unspecified atom stereocenters. The molecule has 3 nitrogen and oxygen atoms in total. The zero-order valence-electron chi connectivity index (χ0n) is 8.08. The summed E-state index contributed by atoms with van der Waals surface area (Å²) in [4.78, 5) is 12.5. The molecule has 0 amide bonds. The minimum atomic E-state index is -0.127. The third-order valence-corrected chi connectivity index (χ3v) is 3.62. The molecule has 1 aliphatic heterocycles. The Hall–Kier alpha value is -0.870. The van der Waals surface area contributed by atoms with Crippen molar-refractivity contribution in [2.45, 2.75) is 18.9 Å². The molecule has 0 fully saturated rings. The van der Waals surface area contributed by atoms with Crippen molar-refractivity contribution in [3.63, 3.8) is 0 Å². The fourth-order valence-corrected chi connectivity index (χ4v) is 2.80. The predicted molar refractivity (Wildman–Crippen MR) is 55.4 cm³/mol. The van der Waals surface area contributed by atoms with E-state index >= 15 is 0 Å². The molecule has 4 heteroatoms. The van der Waals surface area contributed by atoms with Crippen LogP contribution in [0.25, 0.3) is 0 Å². The number of rotatable bonds is 2. The molecule has 2 heterocycles. The Morgan fingerprint density at radius 1 is 1.79 bits per heavy atom. The summed E-state index contributed by atoms with van der Waals surface area (Å²) in [5.41, 5.74) is 1.33. The molecular weight excluding hydrogens is 198 g/mol. The molecule has 0 aliphatic carbocycles. The molecule has 1 aromatic rings. The van der Waals surface area contributed by atoms with Gasteiger partial charge in [0.05, 0.1) is 13.5 Å². The zero-order chi connectivity index (χ0) is 9.97. The quantitative estimate of drug-likeness (QED) is 0.753. The van der Waals surface area contributed by atoms with Gasteiger partial charge in [0.2, 0.25) is 0 Å². The molecular formula is C10H13NO2S. The highest BCUT2D eigenvalue weighted by Gasteiger charge is 2.23. The van der Waals surface area contributed by atoms with Crippen LogP contribution in [0.2, 0.25) is 0 Å². The van der Waals surface area contributed by atoms with Crippen LogP contribution >= 0.6 is 11.3 Å². The predicted octanol–water partition coefficient (Wildman–Crippen LogP) is 1.50. The summed E-state index contributed by atoms with van der Waals surface area (Å²) in [6, 6.07) is 2.12. The maximum atomic E-state index is 11.2. The van der Waals surface area contributed by atoms with Gasteiger partial charge in [-0.25, -0.2) is 0 Å². The Balaban J connectivity index is 2.12. The first kappa shape index (κ1) is 9.68. The first-order chi connectivity index (χ1) is 6.81. The second-order valence-electron chi connectivity index (χ2n) is 3.42. The third-order valence-electron chi connectivity index (χ3n) is 2.50. The lowest BCUT2D eigenvalue weighted by molar-refractivity contribution is -0.141. The van der Waals surface area contributed by atoms with Crippen LogP contribution in [0.15, 0.2) is 11.4 Å². The highest BCUT2D eigenvalue weighted by atomic mass is 32.1. The standard InChI is InChI=1S/C10H13NO2S/c1-13-9(12)4-8-6-11-5-7-2-3-14-10(7)8/h2-3,8,11H,4-6H2,1H3. The van der Waals surface area contributed by atoms with Crippen LogP contribution in [-0.4, -0.2) is 19.6 Å². The highest BCUT2D eigenvalue weighted by Crippen LogP contribution is 2.31. The van der Waals surface area contributed by atoms with Crippen LogP contribution in [0.4, 0.5) is 0 Å². The second kappa shape index (κ2) is 4.11. The van der Waals surface area contributed by atoms with E-state index in [4.69, 9.17) is 0 Å². The maximum absolute atomic E-state index is 11.2. The van der Waals surface area contributed by atoms with Gasteiger partial charge < -0.3 is 10.1 Å². The van der Waals surface area contributed by atoms with Crippen molar-refractivity contribution in [2.24, 2.45) is 0 Å². The lowest BCUT2D eigenvalue weighted by Crippen LogP contribution is -2.28. The first-order valence-corrected chi connectivity index (χ1v) is 5.53. The number of nitrogens with one attached hydrogen (secondary N) is 1. The van der Waals surface area contributed by atoms with E-state index in [2.05, 4.69) is 21.5 Å². The average Bonchev–Trinajstić information content (AvgIpc) is 2.66. The van der Waals surface area contributed by atoms with Crippen molar-refractivity contribution in [3.8, 4) is 0 Å². The summed E-state index contributed by atoms with van der Waals surface area (Å²) < 4.78 is 4.68. The number of hydrogen-bond donors (Lipinski definition) is 1. The number of thiophene rings is 1. The number of methoxy groups -OCH3 is 1. The molecule has 14 heavy (non-hydrogen) atoms. The monoisotopic (exact) mass is 211 g/mol. The minimum absolute atomic E-state index is 0.127. The number of fused-ring (bicyclic) bond motifs is 1. The summed E-state index contributed by atoms with van der Waals surface area (Å²) in [5.74, 6) is 0.171. The summed E-state index contributed by atoms with van der Waals surface area (Å²) >= 11 is 1.74. The van der Waals surface area contributed by atoms with Gasteiger partial charge in [-0.3, -0.25) is 4.79 Å². The van der Waals surface area contributed by atoms with Gasteiger partial charge in [-0.1, -0.05) is 0 Å². The van der Waals surface area contributed by atoms with Crippen LogP contribution in [0.1, 0.15) is 22.8 Å². The second-order valence-corrected chi connectivity index (χ2v) is 4.37. The van der Waals surface area contributed by atoms with Gasteiger partial charge in [0.25, 0.3) is 0 Å². The Bertz CT molecular complexity index is 335. The number of ether oxygens (including phenoxy) is 1. The van der Waals surface area contributed by atoms with E-state index in [1.54, 1.807) is 11.3 Å². The Labute approximate surface area is 87.1 Å². The van der Waals surface area contributed by atoms with E-state index < -0.39 is 0 Å². The number of carbonyl (C=O) groups excluding carboxylic acids is 1. The summed E-state index contributed by atoms with van der Waals surface area (Å²) in [5, 5.41) is 5.39. The molecule has 1 atom stereocenters. The van der Waals surface area contributed by atoms with Crippen molar-refractivity contribution in [1.82, 2.24) is 5.32 Å². The summed E-state index contributed by atoms with van der Waals surface area (Å²) in [6.07, 6.45) is 0.483. The molecule has 0 spiro atoms. The van der Waals surface area contributed by atoms with Crippen molar-refractivity contribution in [2.75, 3.05) is 13.7 Å². The normalized spacial score (nSPS) is 20.2. The molecule has 2 rings (SSSR count). The van der Waals surface area contributed by atoms with Crippen molar-refractivity contribution >= 4 is 17.3 Å². The molecule has 0 saturated carbocycles. The molecule has 1 aliphatic rings. The number of esters is 1. The van der Waals surface area contributed by atoms with Crippen LogP contribution < -0.4 is 5.32 Å². The van der Waals surface area contributed by atoms with Crippen LogP contribution in [0, 0.1) is 0 Å². The lowest BCUT2D eigenvalue weighted by atomic mass is 9.97. The zero-order valence-corrected chi connectivity index (χ0v) is 8.89. The van der Waals surface area contributed by atoms with Crippen LogP contribution in [0.3, 0.4) is 0 Å². The minimum Gasteiger partial charge on any atom is -0.469 e. The third kappa shape index (κ3) is 1.81. The van der Waals surface area contributed by atoms with Crippen molar-refractivity contribution < 1.29 is 9.53 Å². The average molecular weight is 211 g/mol. The Kier molecular flexibility index (Phi) is 2.84. The van der Waals surface area contributed by atoms with E-state index in [0.29, 0.717) is 12.3 Å². The summed E-state index contributed by atoms with van der Waals surface area (Å²) in [7, 11) is 1.44. The van der Waals surface area contributed by atoms with Gasteiger partial charge >= 0.3 is 5.97 Å². The largest absolute Gasteiger partial charge is 0.469 e. The van der Waals surface area contributed by atoms with E-state index in [-0.39, 0.29) is 5.97 Å². The maximum Gasteiger partial charge on any atom is 0.306 e. The van der Waals surface area contributed by atoms with Gasteiger partial charge in [0, 0.05) is 23.9 Å². The van der Waals surface area contributed by atoms with Crippen molar-refractivity contribution in [3.05, 3.63) is 21.9 Å². The summed E-state index contributed by atoms with van der Waals surface area (Å²) in [6.45, 7) is 1.80. The van der Waals surface area contributed by atoms with Gasteiger partial charge in [-0.2, -0.15) is 0 Å². The van der Waals surface area contributed by atoms with Gasteiger partial charge in [-0.05, 0) is 17.0 Å². The number of carbonyl (C=O) groups is 1. The Morgan fingerprint density at radius 2 is 2.64 bits per heavy atom. The fourth-order valence-electron chi connectivity index (χ4n) is 1.77. The fraction of sp³-hybridized carbons (Fsp3) is 0.500. The molecule has 0 radical (unpaired) electrons. The molecule has 0 bridgehead atoms. The van der Waals surface area contributed by atoms with Crippen molar-refractivity contribution in [1.29, 1.82) is 0 Å². The van der Waals surface area contributed by atoms with Gasteiger partial charge in [0.1, 0.15) is 0 Å². The van der Waals surface area contributed by atoms with E-state index in [1.807, 2.05) is 0 Å². The van der Waals surface area contributed by atoms with E-state index in [0.717, 1.165) is 13.1 Å². The first-order valence-electron chi connectivity index (χ1n) is 4.65. The van der Waals surface area contributed by atoms with E-state index in [9.17, 15) is 4.79 Å². The Morgan fingerprint density at radius 3 is 3.43 bits per heavy atom. The van der Waals surface area contributed by atoms with E-state index in [1.165, 1.54) is 17.6 Å². The molecule has 76 valence electrons. The molecule has 0 aromatic carbocycles. The van der Waals surface area contributed by atoms with Crippen LogP contribution in [0.5, 0.6) is 0 Å². The molecule has 1 aromatic heterocycles. The van der Waals surface area contributed by atoms with Gasteiger partial charge in [0.15, 0.2) is 0 Å². The topological polar surface area (TPSA) is 38.3 Å². The molecule has 0 saturated heterocycles. The highest BCUT2D eigenvalue weighted by molar-refractivity contribution is 7.10. The van der Waals surface area contributed by atoms with Gasteiger partial charge in [-0.15, -0.1) is 11.3 Å². The lowest BCUT2D eigenvalue weighted by Gasteiger charge is -2.22. The van der Waals surface area contributed by atoms with Crippen LogP contribution in [-0.2, 0) is 16.1 Å². The molecule has 1 N–H and O–H groups in total. The number of hydrogen-bond acceptors (Lipinski definition) is 4. The SMILES string of the molecule is COC(=O)CC1CNCc2ccsc21.